The van der Waals surface area contributed by atoms with Crippen LogP contribution in [-0.4, -0.2) is 14.5 Å². The highest BCUT2D eigenvalue weighted by Crippen LogP contribution is 2.63. The van der Waals surface area contributed by atoms with Gasteiger partial charge in [-0.15, -0.1) is 0 Å². The molecule has 3 aliphatic rings. The fourth-order valence-electron chi connectivity index (χ4n) is 11.3. The number of hydrogen-bond donors (Lipinski definition) is 0. The maximum atomic E-state index is 7.27. The number of nitrogens with zero attached hydrogens (tertiary/aromatic N) is 3. The lowest BCUT2D eigenvalue weighted by Gasteiger charge is -2.39. The molecule has 286 valence electrons. The molecule has 3 aromatic heterocycles. The van der Waals surface area contributed by atoms with Crippen molar-refractivity contribution in [2.45, 2.75) is 24.7 Å². The third-order valence-corrected chi connectivity index (χ3v) is 13.9. The van der Waals surface area contributed by atoms with Crippen molar-refractivity contribution in [3.8, 4) is 51.0 Å². The Morgan fingerprint density at radius 2 is 1.11 bits per heavy atom. The first kappa shape index (κ1) is 33.1. The van der Waals surface area contributed by atoms with Gasteiger partial charge < -0.3 is 9.15 Å². The molecule has 5 nitrogen and oxygen atoms in total. The largest absolute Gasteiger partial charge is 0.454 e. The molecule has 1 spiro atoms. The summed E-state index contributed by atoms with van der Waals surface area (Å²) in [6.45, 7) is 4.63. The van der Waals surface area contributed by atoms with E-state index in [9.17, 15) is 0 Å². The zero-order chi connectivity index (χ0) is 40.2. The highest BCUT2D eigenvalue weighted by Gasteiger charge is 2.51. The summed E-state index contributed by atoms with van der Waals surface area (Å²) < 4.78 is 16.2. The predicted octanol–water partition coefficient (Wildman–Crippen LogP) is 13.9. The Kier molecular flexibility index (Phi) is 6.24. The molecule has 61 heavy (non-hydrogen) atoms. The zero-order valence-corrected chi connectivity index (χ0v) is 33.4. The second-order valence-corrected chi connectivity index (χ2v) is 17.2. The number of para-hydroxylation sites is 3. The number of rotatable bonds is 2. The van der Waals surface area contributed by atoms with Crippen LogP contribution in [0.3, 0.4) is 0 Å². The average molecular weight is 782 g/mol. The fourth-order valence-corrected chi connectivity index (χ4v) is 11.3. The van der Waals surface area contributed by atoms with E-state index >= 15 is 0 Å². The molecule has 0 atom stereocenters. The molecular formula is C56H35N3O2. The van der Waals surface area contributed by atoms with Crippen LogP contribution in [-0.2, 0) is 10.8 Å². The SMILES string of the molecule is CC1(C)c2ccccc2-c2ccc(-c3nc(-n4c5ccccc5c5ccc6c(c54)Oc4ccccc4C64c5ccccc5-c5ccccc54)nc4c3oc3ccccc34)cc21. The molecule has 0 saturated heterocycles. The van der Waals surface area contributed by atoms with E-state index in [2.05, 4.69) is 176 Å². The van der Waals surface area contributed by atoms with Gasteiger partial charge in [0.25, 0.3) is 0 Å². The second kappa shape index (κ2) is 11.5. The molecule has 5 heteroatoms. The summed E-state index contributed by atoms with van der Waals surface area (Å²) in [7, 11) is 0. The lowest BCUT2D eigenvalue weighted by molar-refractivity contribution is 0.440. The topological polar surface area (TPSA) is 53.1 Å². The van der Waals surface area contributed by atoms with Crippen molar-refractivity contribution in [3.63, 3.8) is 0 Å². The molecule has 0 fully saturated rings. The molecule has 14 rings (SSSR count). The average Bonchev–Trinajstić information content (AvgIpc) is 4.01. The van der Waals surface area contributed by atoms with Crippen molar-refractivity contribution in [1.29, 1.82) is 0 Å². The summed E-state index contributed by atoms with van der Waals surface area (Å²) in [6, 6.07) is 63.1. The van der Waals surface area contributed by atoms with Gasteiger partial charge in [0.1, 0.15) is 28.1 Å². The van der Waals surface area contributed by atoms with E-state index in [4.69, 9.17) is 19.1 Å². The number of furan rings is 1. The van der Waals surface area contributed by atoms with E-state index in [1.807, 2.05) is 18.2 Å². The Morgan fingerprint density at radius 3 is 1.90 bits per heavy atom. The van der Waals surface area contributed by atoms with Gasteiger partial charge >= 0.3 is 0 Å². The summed E-state index contributed by atoms with van der Waals surface area (Å²) in [5, 5.41) is 3.12. The monoisotopic (exact) mass is 781 g/mol. The Balaban J connectivity index is 1.10. The number of aromatic nitrogens is 3. The highest BCUT2D eigenvalue weighted by molar-refractivity contribution is 6.13. The Labute approximate surface area is 351 Å². The number of hydrogen-bond acceptors (Lipinski definition) is 4. The summed E-state index contributed by atoms with van der Waals surface area (Å²) >= 11 is 0. The van der Waals surface area contributed by atoms with Crippen LogP contribution in [0.25, 0.3) is 83.3 Å². The molecule has 0 bridgehead atoms. The molecule has 4 heterocycles. The first-order chi connectivity index (χ1) is 30.0. The van der Waals surface area contributed by atoms with Crippen molar-refractivity contribution >= 4 is 43.9 Å². The third kappa shape index (κ3) is 4.06. The van der Waals surface area contributed by atoms with Gasteiger partial charge in [-0.3, -0.25) is 4.57 Å². The maximum Gasteiger partial charge on any atom is 0.236 e. The molecule has 0 radical (unpaired) electrons. The van der Waals surface area contributed by atoms with Crippen molar-refractivity contribution in [3.05, 3.63) is 209 Å². The molecule has 8 aromatic carbocycles. The minimum atomic E-state index is -0.613. The van der Waals surface area contributed by atoms with Gasteiger partial charge in [-0.2, -0.15) is 0 Å². The maximum absolute atomic E-state index is 7.27. The van der Waals surface area contributed by atoms with Crippen LogP contribution < -0.4 is 4.74 Å². The Bertz CT molecular complexity index is 3690. The van der Waals surface area contributed by atoms with E-state index < -0.39 is 5.41 Å². The normalized spacial score (nSPS) is 14.8. The van der Waals surface area contributed by atoms with Gasteiger partial charge in [-0.25, -0.2) is 9.97 Å². The van der Waals surface area contributed by atoms with Gasteiger partial charge in [-0.05, 0) is 74.8 Å². The Morgan fingerprint density at radius 1 is 0.492 bits per heavy atom. The lowest BCUT2D eigenvalue weighted by atomic mass is 9.66. The molecule has 2 aliphatic carbocycles. The summed E-state index contributed by atoms with van der Waals surface area (Å²) in [5.74, 6) is 2.20. The summed E-state index contributed by atoms with van der Waals surface area (Å²) in [6.07, 6.45) is 0. The second-order valence-electron chi connectivity index (χ2n) is 17.2. The minimum Gasteiger partial charge on any atom is -0.454 e. The first-order valence-corrected chi connectivity index (χ1v) is 21.0. The molecule has 1 aliphatic heterocycles. The van der Waals surface area contributed by atoms with Crippen LogP contribution >= 0.6 is 0 Å². The van der Waals surface area contributed by atoms with Crippen LogP contribution in [0.15, 0.2) is 180 Å². The van der Waals surface area contributed by atoms with Crippen molar-refractivity contribution in [2.75, 3.05) is 0 Å². The van der Waals surface area contributed by atoms with Gasteiger partial charge in [0.15, 0.2) is 11.3 Å². The van der Waals surface area contributed by atoms with E-state index in [1.165, 1.54) is 44.5 Å². The van der Waals surface area contributed by atoms with Crippen LogP contribution in [0.2, 0.25) is 0 Å². The molecule has 0 unspecified atom stereocenters. The van der Waals surface area contributed by atoms with Crippen LogP contribution in [0.1, 0.15) is 47.2 Å². The number of benzene rings is 8. The first-order valence-electron chi connectivity index (χ1n) is 21.0. The van der Waals surface area contributed by atoms with Gasteiger partial charge in [0, 0.05) is 38.3 Å². The van der Waals surface area contributed by atoms with Gasteiger partial charge in [0.2, 0.25) is 5.95 Å². The van der Waals surface area contributed by atoms with E-state index in [0.29, 0.717) is 11.5 Å². The van der Waals surface area contributed by atoms with Gasteiger partial charge in [-0.1, -0.05) is 159 Å². The molecule has 11 aromatic rings. The quantitative estimate of drug-likeness (QED) is 0.175. The zero-order valence-electron chi connectivity index (χ0n) is 33.4. The van der Waals surface area contributed by atoms with Crippen molar-refractivity contribution in [2.24, 2.45) is 0 Å². The molecule has 0 amide bonds. The smallest absolute Gasteiger partial charge is 0.236 e. The summed E-state index contributed by atoms with van der Waals surface area (Å²) in [5.41, 5.74) is 17.5. The van der Waals surface area contributed by atoms with Crippen LogP contribution in [0, 0.1) is 0 Å². The third-order valence-electron chi connectivity index (χ3n) is 13.9. The molecular weight excluding hydrogens is 747 g/mol. The van der Waals surface area contributed by atoms with Crippen LogP contribution in [0.5, 0.6) is 11.5 Å². The van der Waals surface area contributed by atoms with E-state index in [-0.39, 0.29) is 5.41 Å². The number of ether oxygens (including phenoxy) is 1. The van der Waals surface area contributed by atoms with Crippen molar-refractivity contribution < 1.29 is 9.15 Å². The summed E-state index contributed by atoms with van der Waals surface area (Å²) in [4.78, 5) is 11.1. The van der Waals surface area contributed by atoms with Gasteiger partial charge in [0.05, 0.1) is 10.9 Å². The van der Waals surface area contributed by atoms with E-state index in [0.717, 1.165) is 72.2 Å². The minimum absolute atomic E-state index is 0.183. The van der Waals surface area contributed by atoms with Crippen molar-refractivity contribution in [1.82, 2.24) is 14.5 Å². The van der Waals surface area contributed by atoms with E-state index in [1.54, 1.807) is 0 Å². The standard InChI is InChI=1S/C56H35N3O2/c1-55(2)40-20-8-3-15-33(40)36-28-27-32(31-45(36)55)49-53-50(39-19-7-13-25-47(39)60-53)58-54(57-49)59-46-24-12-6-18-37(46)38-29-30-44-52(51(38)59)61-48-26-14-11-23-43(48)56(44)41-21-9-4-16-34(41)35-17-5-10-22-42(35)56/h3-31H,1-2H3. The highest BCUT2D eigenvalue weighted by atomic mass is 16.5. The van der Waals surface area contributed by atoms with Crippen LogP contribution in [0.4, 0.5) is 0 Å². The molecule has 0 N–H and O–H groups in total. The lowest BCUT2D eigenvalue weighted by Crippen LogP contribution is -2.32. The molecule has 0 saturated carbocycles. The fraction of sp³-hybridized carbons (Fsp3) is 0.0714. The number of fused-ring (bicyclic) bond motifs is 19. The Hall–Kier alpha value is -7.76. The predicted molar refractivity (Wildman–Crippen MR) is 244 cm³/mol.